The Morgan fingerprint density at radius 3 is 2.26 bits per heavy atom. The molecule has 0 radical (unpaired) electrons. The average molecular weight is 381 g/mol. The van der Waals surface area contributed by atoms with Crippen LogP contribution in [-0.2, 0) is 0 Å². The lowest BCUT2D eigenvalue weighted by Gasteiger charge is -2.24. The third-order valence-corrected chi connectivity index (χ3v) is 4.93. The molecule has 0 saturated heterocycles. The molecular formula is C22H18ClFN2O. The van der Waals surface area contributed by atoms with Crippen LogP contribution in [0.25, 0.3) is 0 Å². The lowest BCUT2D eigenvalue weighted by Crippen LogP contribution is -2.18. The summed E-state index contributed by atoms with van der Waals surface area (Å²) in [4.78, 5) is 0. The second-order valence-corrected chi connectivity index (χ2v) is 6.80. The zero-order valence-electron chi connectivity index (χ0n) is 14.8. The molecule has 5 heteroatoms. The fraction of sp³-hybridized carbons (Fsp3) is 0.136. The van der Waals surface area contributed by atoms with Crippen LogP contribution in [0.3, 0.4) is 0 Å². The van der Waals surface area contributed by atoms with E-state index in [2.05, 4.69) is 0 Å². The summed E-state index contributed by atoms with van der Waals surface area (Å²) in [6, 6.07) is 22.1. The zero-order valence-corrected chi connectivity index (χ0v) is 15.5. The van der Waals surface area contributed by atoms with E-state index in [1.165, 1.54) is 12.1 Å². The van der Waals surface area contributed by atoms with Gasteiger partial charge in [-0.05, 0) is 71.8 Å². The van der Waals surface area contributed by atoms with Crippen molar-refractivity contribution in [2.24, 2.45) is 5.10 Å². The van der Waals surface area contributed by atoms with Crippen LogP contribution in [0.15, 0.2) is 77.9 Å². The number of nitrogens with zero attached hydrogens (tertiary/aromatic N) is 2. The first-order chi connectivity index (χ1) is 13.1. The van der Waals surface area contributed by atoms with Gasteiger partial charge in [-0.3, -0.25) is 5.01 Å². The Hall–Kier alpha value is -2.85. The standard InChI is InChI=1S/C22H18ClFN2O/c1-27-20-12-4-15(5-13-20)21-14-22(16-2-6-17(23)7-3-16)26(25-21)19-10-8-18(24)9-11-19/h2-13,22H,14H2,1H3/t22-/m1/s1. The van der Waals surface area contributed by atoms with E-state index in [0.717, 1.165) is 34.7 Å². The van der Waals surface area contributed by atoms with Crippen molar-refractivity contribution in [2.75, 3.05) is 12.1 Å². The van der Waals surface area contributed by atoms with Crippen LogP contribution in [0.5, 0.6) is 5.75 Å². The SMILES string of the molecule is COc1ccc(C2=NN(c3ccc(F)cc3)[C@@H](c3ccc(Cl)cc3)C2)cc1. The highest BCUT2D eigenvalue weighted by Crippen LogP contribution is 2.37. The number of hydrogen-bond donors (Lipinski definition) is 0. The van der Waals surface area contributed by atoms with Gasteiger partial charge < -0.3 is 4.74 Å². The summed E-state index contributed by atoms with van der Waals surface area (Å²) in [7, 11) is 1.65. The van der Waals surface area contributed by atoms with Gasteiger partial charge in [-0.25, -0.2) is 4.39 Å². The third-order valence-electron chi connectivity index (χ3n) is 4.68. The van der Waals surface area contributed by atoms with Crippen LogP contribution in [0, 0.1) is 5.82 Å². The van der Waals surface area contributed by atoms with Gasteiger partial charge in [0.25, 0.3) is 0 Å². The molecule has 1 atom stereocenters. The van der Waals surface area contributed by atoms with Crippen LogP contribution >= 0.6 is 11.6 Å². The first-order valence-corrected chi connectivity index (χ1v) is 9.04. The predicted octanol–water partition coefficient (Wildman–Crippen LogP) is 5.84. The number of ether oxygens (including phenoxy) is 1. The second kappa shape index (κ2) is 7.41. The molecule has 0 bridgehead atoms. The summed E-state index contributed by atoms with van der Waals surface area (Å²) >= 11 is 6.05. The van der Waals surface area contributed by atoms with Crippen LogP contribution in [0.4, 0.5) is 10.1 Å². The molecule has 27 heavy (non-hydrogen) atoms. The van der Waals surface area contributed by atoms with Crippen molar-refractivity contribution in [3.8, 4) is 5.75 Å². The van der Waals surface area contributed by atoms with Crippen LogP contribution in [0.1, 0.15) is 23.6 Å². The molecule has 0 saturated carbocycles. The minimum Gasteiger partial charge on any atom is -0.497 e. The van der Waals surface area contributed by atoms with Crippen molar-refractivity contribution in [1.82, 2.24) is 0 Å². The fourth-order valence-electron chi connectivity index (χ4n) is 3.24. The maximum Gasteiger partial charge on any atom is 0.123 e. The smallest absolute Gasteiger partial charge is 0.123 e. The normalized spacial score (nSPS) is 16.3. The summed E-state index contributed by atoms with van der Waals surface area (Å²) in [6.07, 6.45) is 0.741. The van der Waals surface area contributed by atoms with Gasteiger partial charge in [0.15, 0.2) is 0 Å². The van der Waals surface area contributed by atoms with E-state index in [1.807, 2.05) is 53.5 Å². The Morgan fingerprint density at radius 2 is 1.63 bits per heavy atom. The monoisotopic (exact) mass is 380 g/mol. The van der Waals surface area contributed by atoms with E-state index in [1.54, 1.807) is 19.2 Å². The summed E-state index contributed by atoms with van der Waals surface area (Å²) < 4.78 is 18.6. The van der Waals surface area contributed by atoms with Crippen LogP contribution in [-0.4, -0.2) is 12.8 Å². The number of hydrogen-bond acceptors (Lipinski definition) is 3. The number of halogens is 2. The van der Waals surface area contributed by atoms with E-state index in [-0.39, 0.29) is 11.9 Å². The minimum absolute atomic E-state index is 0.0184. The Morgan fingerprint density at radius 1 is 0.963 bits per heavy atom. The quantitative estimate of drug-likeness (QED) is 0.567. The van der Waals surface area contributed by atoms with Crippen molar-refractivity contribution in [2.45, 2.75) is 12.5 Å². The van der Waals surface area contributed by atoms with E-state index in [4.69, 9.17) is 21.4 Å². The van der Waals surface area contributed by atoms with Crippen molar-refractivity contribution in [3.05, 3.63) is 94.8 Å². The Bertz CT molecular complexity index is 953. The highest BCUT2D eigenvalue weighted by molar-refractivity contribution is 6.30. The van der Waals surface area contributed by atoms with Crippen LogP contribution < -0.4 is 9.75 Å². The summed E-state index contributed by atoms with van der Waals surface area (Å²) in [5.74, 6) is 0.544. The van der Waals surface area contributed by atoms with Gasteiger partial charge >= 0.3 is 0 Å². The number of anilines is 1. The van der Waals surface area contributed by atoms with E-state index < -0.39 is 0 Å². The highest BCUT2D eigenvalue weighted by atomic mass is 35.5. The molecule has 0 unspecified atom stereocenters. The first-order valence-electron chi connectivity index (χ1n) is 8.66. The second-order valence-electron chi connectivity index (χ2n) is 6.37. The maximum absolute atomic E-state index is 13.4. The minimum atomic E-state index is -0.264. The first kappa shape index (κ1) is 17.6. The van der Waals surface area contributed by atoms with Gasteiger partial charge in [0.1, 0.15) is 11.6 Å². The molecule has 3 aromatic carbocycles. The largest absolute Gasteiger partial charge is 0.497 e. The Kier molecular flexibility index (Phi) is 4.82. The maximum atomic E-state index is 13.4. The molecule has 136 valence electrons. The zero-order chi connectivity index (χ0) is 18.8. The van der Waals surface area contributed by atoms with E-state index in [9.17, 15) is 4.39 Å². The van der Waals surface area contributed by atoms with Crippen molar-refractivity contribution >= 4 is 23.0 Å². The fourth-order valence-corrected chi connectivity index (χ4v) is 3.37. The van der Waals surface area contributed by atoms with Crippen LogP contribution in [0.2, 0.25) is 5.02 Å². The molecule has 0 amide bonds. The Balaban J connectivity index is 1.72. The lowest BCUT2D eigenvalue weighted by atomic mass is 9.98. The van der Waals surface area contributed by atoms with Crippen molar-refractivity contribution < 1.29 is 9.13 Å². The van der Waals surface area contributed by atoms with Gasteiger partial charge in [0, 0.05) is 11.4 Å². The summed E-state index contributed by atoms with van der Waals surface area (Å²) in [6.45, 7) is 0. The van der Waals surface area contributed by atoms with E-state index >= 15 is 0 Å². The third kappa shape index (κ3) is 3.67. The summed E-state index contributed by atoms with van der Waals surface area (Å²) in [5, 5.41) is 7.49. The molecule has 1 aliphatic rings. The number of benzene rings is 3. The van der Waals surface area contributed by atoms with Gasteiger partial charge in [0.2, 0.25) is 0 Å². The molecule has 0 N–H and O–H groups in total. The Labute approximate surface area is 162 Å². The van der Waals surface area contributed by atoms with Gasteiger partial charge in [-0.15, -0.1) is 0 Å². The molecule has 0 aromatic heterocycles. The molecule has 0 fully saturated rings. The molecule has 0 spiro atoms. The lowest BCUT2D eigenvalue weighted by molar-refractivity contribution is 0.415. The summed E-state index contributed by atoms with van der Waals surface area (Å²) in [5.41, 5.74) is 3.97. The number of methoxy groups -OCH3 is 1. The van der Waals surface area contributed by atoms with Crippen molar-refractivity contribution in [1.29, 1.82) is 0 Å². The molecule has 1 aliphatic heterocycles. The average Bonchev–Trinajstić information content (AvgIpc) is 3.14. The van der Waals surface area contributed by atoms with Crippen molar-refractivity contribution in [3.63, 3.8) is 0 Å². The topological polar surface area (TPSA) is 24.8 Å². The number of hydrazone groups is 1. The molecular weight excluding hydrogens is 363 g/mol. The van der Waals surface area contributed by atoms with Gasteiger partial charge in [-0.1, -0.05) is 23.7 Å². The molecule has 3 nitrogen and oxygen atoms in total. The molecule has 1 heterocycles. The van der Waals surface area contributed by atoms with Gasteiger partial charge in [0.05, 0.1) is 24.6 Å². The molecule has 0 aliphatic carbocycles. The molecule has 4 rings (SSSR count). The van der Waals surface area contributed by atoms with Gasteiger partial charge in [-0.2, -0.15) is 5.10 Å². The predicted molar refractivity (Wildman–Crippen MR) is 107 cm³/mol. The molecule has 3 aromatic rings. The number of rotatable bonds is 4. The highest BCUT2D eigenvalue weighted by Gasteiger charge is 2.30. The van der Waals surface area contributed by atoms with E-state index in [0.29, 0.717) is 5.02 Å².